The fourth-order valence-electron chi connectivity index (χ4n) is 2.73. The van der Waals surface area contributed by atoms with Gasteiger partial charge in [-0.1, -0.05) is 48.0 Å². The highest BCUT2D eigenvalue weighted by molar-refractivity contribution is 6.59. The summed E-state index contributed by atoms with van der Waals surface area (Å²) in [6.45, 7) is 3.71. The molecule has 5 nitrogen and oxygen atoms in total. The minimum Gasteiger partial charge on any atom is -0.462 e. The number of aryl methyl sites for hydroxylation is 1. The molecule has 1 amide bonds. The number of carbonyl (C=O) groups excluding carboxylic acids is 3. The van der Waals surface area contributed by atoms with Crippen molar-refractivity contribution in [3.05, 3.63) is 71.3 Å². The van der Waals surface area contributed by atoms with E-state index in [0.717, 1.165) is 5.56 Å². The van der Waals surface area contributed by atoms with Crippen LogP contribution < -0.4 is 4.90 Å². The number of nitrogens with zero attached hydrogens (tertiary/aromatic N) is 1. The smallest absolute Gasteiger partial charge is 0.344 e. The van der Waals surface area contributed by atoms with Crippen molar-refractivity contribution < 1.29 is 19.1 Å². The number of amides is 1. The van der Waals surface area contributed by atoms with Crippen LogP contribution in [0.2, 0.25) is 0 Å². The van der Waals surface area contributed by atoms with E-state index in [-0.39, 0.29) is 17.9 Å². The fraction of sp³-hybridized carbons (Fsp3) is 0.150. The molecule has 0 fully saturated rings. The highest BCUT2D eigenvalue weighted by atomic mass is 16.5. The number of hydrogen-bond acceptors (Lipinski definition) is 4. The average molecular weight is 335 g/mol. The van der Waals surface area contributed by atoms with Crippen molar-refractivity contribution in [3.8, 4) is 0 Å². The normalized spacial score (nSPS) is 14.2. The summed E-state index contributed by atoms with van der Waals surface area (Å²) in [7, 11) is 0. The molecule has 1 heterocycles. The largest absolute Gasteiger partial charge is 0.462 e. The third kappa shape index (κ3) is 2.96. The van der Waals surface area contributed by atoms with Crippen molar-refractivity contribution >= 4 is 29.0 Å². The van der Waals surface area contributed by atoms with Crippen LogP contribution in [0.1, 0.15) is 18.1 Å². The quantitative estimate of drug-likeness (QED) is 0.490. The first-order chi connectivity index (χ1) is 12.0. The van der Waals surface area contributed by atoms with Crippen LogP contribution in [0.5, 0.6) is 0 Å². The number of Topliss-reactive ketones (excluding diaryl/α,β-unsaturated/α-hetero) is 1. The molecule has 0 saturated carbocycles. The first kappa shape index (κ1) is 16.6. The highest BCUT2D eigenvalue weighted by Crippen LogP contribution is 2.35. The number of ketones is 1. The molecule has 0 N–H and O–H groups in total. The van der Waals surface area contributed by atoms with Gasteiger partial charge >= 0.3 is 11.9 Å². The highest BCUT2D eigenvalue weighted by Gasteiger charge is 2.43. The van der Waals surface area contributed by atoms with Crippen LogP contribution in [0, 0.1) is 6.92 Å². The Morgan fingerprint density at radius 3 is 2.24 bits per heavy atom. The van der Waals surface area contributed by atoms with E-state index in [1.54, 1.807) is 43.3 Å². The van der Waals surface area contributed by atoms with Crippen molar-refractivity contribution in [2.75, 3.05) is 11.5 Å². The fourth-order valence-corrected chi connectivity index (χ4v) is 2.73. The molecular formula is C20H17NO4. The molecule has 0 aromatic heterocycles. The standard InChI is InChI=1S/C20H17NO4/c1-3-25-20(24)16-17(14-11-9-13(2)10-12-14)21(19(23)18(16)22)15-7-5-4-6-8-15/h4-12H,3H2,1-2H3. The number of benzene rings is 2. The Labute approximate surface area is 145 Å². The first-order valence-electron chi connectivity index (χ1n) is 7.97. The van der Waals surface area contributed by atoms with Crippen LogP contribution in [-0.2, 0) is 19.1 Å². The lowest BCUT2D eigenvalue weighted by Gasteiger charge is -2.20. The third-order valence-electron chi connectivity index (χ3n) is 3.90. The summed E-state index contributed by atoms with van der Waals surface area (Å²) in [5, 5.41) is 0. The maximum Gasteiger partial charge on any atom is 0.344 e. The zero-order valence-electron chi connectivity index (χ0n) is 14.0. The van der Waals surface area contributed by atoms with E-state index in [1.165, 1.54) is 4.90 Å². The molecule has 2 aromatic carbocycles. The second kappa shape index (κ2) is 6.73. The second-order valence-electron chi connectivity index (χ2n) is 5.62. The lowest BCUT2D eigenvalue weighted by Crippen LogP contribution is -2.28. The van der Waals surface area contributed by atoms with Gasteiger partial charge in [0.2, 0.25) is 0 Å². The molecule has 2 aromatic rings. The van der Waals surface area contributed by atoms with Crippen molar-refractivity contribution in [2.24, 2.45) is 0 Å². The molecule has 0 bridgehead atoms. The zero-order valence-corrected chi connectivity index (χ0v) is 14.0. The topological polar surface area (TPSA) is 63.7 Å². The Kier molecular flexibility index (Phi) is 4.48. The van der Waals surface area contributed by atoms with Gasteiger partial charge in [0, 0.05) is 5.69 Å². The molecule has 25 heavy (non-hydrogen) atoms. The number of carbonyl (C=O) groups is 3. The molecule has 0 saturated heterocycles. The third-order valence-corrected chi connectivity index (χ3v) is 3.90. The predicted octanol–water partition coefficient (Wildman–Crippen LogP) is 2.89. The Balaban J connectivity index is 2.23. The summed E-state index contributed by atoms with van der Waals surface area (Å²) < 4.78 is 5.01. The monoisotopic (exact) mass is 335 g/mol. The lowest BCUT2D eigenvalue weighted by atomic mass is 10.0. The van der Waals surface area contributed by atoms with Crippen LogP contribution in [0.4, 0.5) is 5.69 Å². The van der Waals surface area contributed by atoms with Crippen LogP contribution in [0.3, 0.4) is 0 Å². The van der Waals surface area contributed by atoms with E-state index in [4.69, 9.17) is 4.74 Å². The summed E-state index contributed by atoms with van der Waals surface area (Å²) in [5.74, 6) is -2.39. The molecule has 0 radical (unpaired) electrons. The maximum atomic E-state index is 12.6. The van der Waals surface area contributed by atoms with E-state index in [0.29, 0.717) is 11.3 Å². The summed E-state index contributed by atoms with van der Waals surface area (Å²) in [4.78, 5) is 38.7. The van der Waals surface area contributed by atoms with Crippen LogP contribution in [0.15, 0.2) is 60.2 Å². The van der Waals surface area contributed by atoms with Crippen LogP contribution in [-0.4, -0.2) is 24.3 Å². The number of anilines is 1. The molecule has 0 aliphatic carbocycles. The van der Waals surface area contributed by atoms with Gasteiger partial charge in [-0.3, -0.25) is 14.5 Å². The molecular weight excluding hydrogens is 318 g/mol. The molecule has 1 aliphatic rings. The zero-order chi connectivity index (χ0) is 18.0. The SMILES string of the molecule is CCOC(=O)C1=C(c2ccc(C)cc2)N(c2ccccc2)C(=O)C1=O. The van der Waals surface area contributed by atoms with Gasteiger partial charge in [-0.05, 0) is 31.5 Å². The van der Waals surface area contributed by atoms with Gasteiger partial charge in [0.05, 0.1) is 12.3 Å². The number of hydrogen-bond donors (Lipinski definition) is 0. The van der Waals surface area contributed by atoms with E-state index >= 15 is 0 Å². The molecule has 1 aliphatic heterocycles. The minimum absolute atomic E-state index is 0.121. The second-order valence-corrected chi connectivity index (χ2v) is 5.62. The molecule has 5 heteroatoms. The van der Waals surface area contributed by atoms with E-state index in [1.807, 2.05) is 25.1 Å². The first-order valence-corrected chi connectivity index (χ1v) is 7.97. The van der Waals surface area contributed by atoms with E-state index in [2.05, 4.69) is 0 Å². The summed E-state index contributed by atoms with van der Waals surface area (Å²) >= 11 is 0. The molecule has 3 rings (SSSR count). The van der Waals surface area contributed by atoms with Crippen molar-refractivity contribution in [1.82, 2.24) is 0 Å². The van der Waals surface area contributed by atoms with Gasteiger partial charge < -0.3 is 4.74 Å². The Bertz CT molecular complexity index is 866. The van der Waals surface area contributed by atoms with Crippen molar-refractivity contribution in [3.63, 3.8) is 0 Å². The van der Waals surface area contributed by atoms with Gasteiger partial charge in [0.1, 0.15) is 5.57 Å². The van der Waals surface area contributed by atoms with Gasteiger partial charge in [-0.15, -0.1) is 0 Å². The van der Waals surface area contributed by atoms with Gasteiger partial charge in [0.25, 0.3) is 5.78 Å². The average Bonchev–Trinajstić information content (AvgIpc) is 2.88. The number of ether oxygens (including phenoxy) is 1. The van der Waals surface area contributed by atoms with Gasteiger partial charge in [-0.25, -0.2) is 4.79 Å². The number of rotatable bonds is 4. The van der Waals surface area contributed by atoms with Crippen LogP contribution in [0.25, 0.3) is 5.70 Å². The summed E-state index contributed by atoms with van der Waals surface area (Å²) in [6, 6.07) is 16.1. The molecule has 126 valence electrons. The summed E-state index contributed by atoms with van der Waals surface area (Å²) in [5.41, 5.74) is 2.20. The van der Waals surface area contributed by atoms with Crippen LogP contribution >= 0.6 is 0 Å². The maximum absolute atomic E-state index is 12.6. The van der Waals surface area contributed by atoms with Crippen molar-refractivity contribution in [2.45, 2.75) is 13.8 Å². The van der Waals surface area contributed by atoms with Gasteiger partial charge in [0.15, 0.2) is 0 Å². The van der Waals surface area contributed by atoms with Gasteiger partial charge in [-0.2, -0.15) is 0 Å². The Hall–Kier alpha value is -3.21. The lowest BCUT2D eigenvalue weighted by molar-refractivity contribution is -0.141. The molecule has 0 spiro atoms. The predicted molar refractivity (Wildman–Crippen MR) is 93.7 cm³/mol. The van der Waals surface area contributed by atoms with Crippen molar-refractivity contribution in [1.29, 1.82) is 0 Å². The Morgan fingerprint density at radius 1 is 1.00 bits per heavy atom. The Morgan fingerprint density at radius 2 is 1.64 bits per heavy atom. The molecule has 0 unspecified atom stereocenters. The summed E-state index contributed by atoms with van der Waals surface area (Å²) in [6.07, 6.45) is 0. The number of esters is 1. The van der Waals surface area contributed by atoms with E-state index in [9.17, 15) is 14.4 Å². The van der Waals surface area contributed by atoms with E-state index < -0.39 is 17.7 Å². The number of para-hydroxylation sites is 1. The minimum atomic E-state index is -0.849. The molecule has 0 atom stereocenters.